The molecule has 2 atom stereocenters. The number of carboxylic acids is 1. The molecule has 14 heavy (non-hydrogen) atoms. The molecule has 0 aromatic rings. The topological polar surface area (TPSA) is 78.8 Å². The largest absolute Gasteiger partial charge is 0.481 e. The lowest BCUT2D eigenvalue weighted by Gasteiger charge is -2.26. The maximum atomic E-state index is 10.2. The van der Waals surface area contributed by atoms with Gasteiger partial charge in [-0.1, -0.05) is 0 Å². The summed E-state index contributed by atoms with van der Waals surface area (Å²) in [7, 11) is 0. The number of hydrogen-bond acceptors (Lipinski definition) is 4. The van der Waals surface area contributed by atoms with Gasteiger partial charge in [0.25, 0.3) is 0 Å². The van der Waals surface area contributed by atoms with Gasteiger partial charge in [-0.15, -0.1) is 0 Å². The lowest BCUT2D eigenvalue weighted by molar-refractivity contribution is -0.136. The van der Waals surface area contributed by atoms with E-state index in [1.54, 1.807) is 0 Å². The highest BCUT2D eigenvalue weighted by atomic mass is 16.5. The average molecular weight is 203 g/mol. The fourth-order valence-electron chi connectivity index (χ4n) is 1.50. The van der Waals surface area contributed by atoms with Gasteiger partial charge in [-0.3, -0.25) is 4.79 Å². The van der Waals surface area contributed by atoms with Crippen LogP contribution < -0.4 is 5.32 Å². The number of carbonyl (C=O) groups is 1. The van der Waals surface area contributed by atoms with Crippen LogP contribution in [0.3, 0.4) is 0 Å². The van der Waals surface area contributed by atoms with Crippen molar-refractivity contribution in [3.63, 3.8) is 0 Å². The summed E-state index contributed by atoms with van der Waals surface area (Å²) in [5.41, 5.74) is -0.835. The van der Waals surface area contributed by atoms with Gasteiger partial charge in [0.1, 0.15) is 5.60 Å². The molecule has 0 spiro atoms. The van der Waals surface area contributed by atoms with Crippen molar-refractivity contribution in [1.29, 1.82) is 0 Å². The van der Waals surface area contributed by atoms with Crippen LogP contribution in [0.25, 0.3) is 0 Å². The quantitative estimate of drug-likeness (QED) is 0.529. The van der Waals surface area contributed by atoms with Gasteiger partial charge in [0.15, 0.2) is 0 Å². The van der Waals surface area contributed by atoms with Crippen molar-refractivity contribution in [2.24, 2.45) is 0 Å². The third-order valence-corrected chi connectivity index (χ3v) is 2.61. The molecule has 1 fully saturated rings. The average Bonchev–Trinajstić information content (AvgIpc) is 2.42. The minimum Gasteiger partial charge on any atom is -0.481 e. The highest BCUT2D eigenvalue weighted by Gasteiger charge is 2.38. The summed E-state index contributed by atoms with van der Waals surface area (Å²) in [6.45, 7) is 3.16. The van der Waals surface area contributed by atoms with Gasteiger partial charge >= 0.3 is 5.97 Å². The van der Waals surface area contributed by atoms with Crippen LogP contribution in [0.15, 0.2) is 0 Å². The van der Waals surface area contributed by atoms with Crippen LogP contribution in [0, 0.1) is 0 Å². The lowest BCUT2D eigenvalue weighted by atomic mass is 9.97. The Hall–Kier alpha value is -0.650. The van der Waals surface area contributed by atoms with Gasteiger partial charge in [0.05, 0.1) is 12.5 Å². The number of carboxylic acid groups (broad SMARTS) is 1. The highest BCUT2D eigenvalue weighted by molar-refractivity contribution is 5.66. The van der Waals surface area contributed by atoms with E-state index in [0.717, 1.165) is 0 Å². The van der Waals surface area contributed by atoms with Gasteiger partial charge in [-0.2, -0.15) is 0 Å². The number of aliphatic hydroxyl groups is 1. The van der Waals surface area contributed by atoms with E-state index in [1.807, 2.05) is 6.92 Å². The minimum atomic E-state index is -0.835. The fourth-order valence-corrected chi connectivity index (χ4v) is 1.50. The Balaban J connectivity index is 2.20. The maximum absolute atomic E-state index is 10.2. The predicted molar refractivity (Wildman–Crippen MR) is 50.1 cm³/mol. The molecule has 5 heteroatoms. The number of ether oxygens (including phenoxy) is 1. The van der Waals surface area contributed by atoms with Gasteiger partial charge in [-0.25, -0.2) is 0 Å². The zero-order chi connectivity index (χ0) is 10.6. The van der Waals surface area contributed by atoms with Crippen molar-refractivity contribution in [3.05, 3.63) is 0 Å². The Labute approximate surface area is 83.1 Å². The fraction of sp³-hybridized carbons (Fsp3) is 0.889. The summed E-state index contributed by atoms with van der Waals surface area (Å²) in [5.74, 6) is -0.833. The zero-order valence-electron chi connectivity index (χ0n) is 8.32. The smallest absolute Gasteiger partial charge is 0.304 e. The Morgan fingerprint density at radius 1 is 1.71 bits per heavy atom. The first-order valence-corrected chi connectivity index (χ1v) is 4.81. The van der Waals surface area contributed by atoms with E-state index in [2.05, 4.69) is 5.32 Å². The number of aliphatic carboxylic acids is 1. The molecule has 0 aliphatic carbocycles. The van der Waals surface area contributed by atoms with E-state index >= 15 is 0 Å². The number of hydrogen-bond donors (Lipinski definition) is 3. The van der Waals surface area contributed by atoms with E-state index in [9.17, 15) is 9.90 Å². The SMILES string of the molecule is CC1OCCC1(O)CNCCC(=O)O. The summed E-state index contributed by atoms with van der Waals surface area (Å²) >= 11 is 0. The van der Waals surface area contributed by atoms with E-state index in [0.29, 0.717) is 26.1 Å². The van der Waals surface area contributed by atoms with E-state index in [4.69, 9.17) is 9.84 Å². The van der Waals surface area contributed by atoms with Crippen molar-refractivity contribution in [1.82, 2.24) is 5.32 Å². The maximum Gasteiger partial charge on any atom is 0.304 e. The third kappa shape index (κ3) is 2.94. The van der Waals surface area contributed by atoms with Crippen LogP contribution in [0.1, 0.15) is 19.8 Å². The standard InChI is InChI=1S/C9H17NO4/c1-7-9(13,3-5-14-7)6-10-4-2-8(11)12/h7,10,13H,2-6H2,1H3,(H,11,12). The summed E-state index contributed by atoms with van der Waals surface area (Å²) in [4.78, 5) is 10.2. The highest BCUT2D eigenvalue weighted by Crippen LogP contribution is 2.24. The van der Waals surface area contributed by atoms with Crippen LogP contribution in [-0.2, 0) is 9.53 Å². The Morgan fingerprint density at radius 2 is 2.43 bits per heavy atom. The Bertz CT molecular complexity index is 209. The molecule has 82 valence electrons. The van der Waals surface area contributed by atoms with Crippen LogP contribution in [0.5, 0.6) is 0 Å². The normalized spacial score (nSPS) is 32.0. The van der Waals surface area contributed by atoms with E-state index < -0.39 is 11.6 Å². The second kappa shape index (κ2) is 4.72. The summed E-state index contributed by atoms with van der Waals surface area (Å²) in [5, 5.41) is 21.3. The molecule has 1 rings (SSSR count). The van der Waals surface area contributed by atoms with Crippen molar-refractivity contribution >= 4 is 5.97 Å². The first-order valence-electron chi connectivity index (χ1n) is 4.81. The Morgan fingerprint density at radius 3 is 2.93 bits per heavy atom. The molecule has 0 aromatic carbocycles. The third-order valence-electron chi connectivity index (χ3n) is 2.61. The molecule has 1 heterocycles. The first kappa shape index (κ1) is 11.4. The summed E-state index contributed by atoms with van der Waals surface area (Å²) in [6, 6.07) is 0. The summed E-state index contributed by atoms with van der Waals surface area (Å²) < 4.78 is 5.24. The van der Waals surface area contributed by atoms with Crippen molar-refractivity contribution in [2.45, 2.75) is 31.5 Å². The second-order valence-corrected chi connectivity index (χ2v) is 3.69. The van der Waals surface area contributed by atoms with Crippen molar-refractivity contribution in [2.75, 3.05) is 19.7 Å². The zero-order valence-corrected chi connectivity index (χ0v) is 8.32. The number of nitrogens with one attached hydrogen (secondary N) is 1. The molecular formula is C9H17NO4. The van der Waals surface area contributed by atoms with Gasteiger partial charge < -0.3 is 20.3 Å². The first-order chi connectivity index (χ1) is 6.54. The molecule has 0 aromatic heterocycles. The lowest BCUT2D eigenvalue weighted by Crippen LogP contribution is -2.46. The molecule has 5 nitrogen and oxygen atoms in total. The molecule has 1 aliphatic heterocycles. The molecule has 1 saturated heterocycles. The molecule has 3 N–H and O–H groups in total. The summed E-state index contributed by atoms with van der Waals surface area (Å²) in [6.07, 6.45) is 0.499. The van der Waals surface area contributed by atoms with Crippen LogP contribution in [-0.4, -0.2) is 47.6 Å². The van der Waals surface area contributed by atoms with Crippen LogP contribution in [0.2, 0.25) is 0 Å². The molecule has 0 radical (unpaired) electrons. The molecule has 0 saturated carbocycles. The minimum absolute atomic E-state index is 0.0747. The molecular weight excluding hydrogens is 186 g/mol. The van der Waals surface area contributed by atoms with Crippen molar-refractivity contribution in [3.8, 4) is 0 Å². The van der Waals surface area contributed by atoms with Gasteiger partial charge in [0.2, 0.25) is 0 Å². The van der Waals surface area contributed by atoms with Crippen molar-refractivity contribution < 1.29 is 19.7 Å². The molecule has 0 bridgehead atoms. The van der Waals surface area contributed by atoms with E-state index in [-0.39, 0.29) is 12.5 Å². The van der Waals surface area contributed by atoms with Gasteiger partial charge in [0, 0.05) is 26.1 Å². The van der Waals surface area contributed by atoms with Crippen LogP contribution >= 0.6 is 0 Å². The second-order valence-electron chi connectivity index (χ2n) is 3.69. The Kier molecular flexibility index (Phi) is 3.86. The molecule has 0 amide bonds. The van der Waals surface area contributed by atoms with Gasteiger partial charge in [-0.05, 0) is 6.92 Å². The van der Waals surface area contributed by atoms with Crippen LogP contribution in [0.4, 0.5) is 0 Å². The number of rotatable bonds is 5. The predicted octanol–water partition coefficient (Wildman–Crippen LogP) is -0.409. The monoisotopic (exact) mass is 203 g/mol. The van der Waals surface area contributed by atoms with E-state index in [1.165, 1.54) is 0 Å². The molecule has 1 aliphatic rings. The molecule has 2 unspecified atom stereocenters.